The van der Waals surface area contributed by atoms with Gasteiger partial charge in [0, 0.05) is 30.9 Å². The summed E-state index contributed by atoms with van der Waals surface area (Å²) in [5, 5.41) is 12.5. The van der Waals surface area contributed by atoms with Crippen LogP contribution in [-0.4, -0.2) is 74.6 Å². The van der Waals surface area contributed by atoms with Gasteiger partial charge in [-0.25, -0.2) is 0 Å². The van der Waals surface area contributed by atoms with E-state index in [1.807, 2.05) is 66.7 Å². The Morgan fingerprint density at radius 3 is 1.88 bits per heavy atom. The summed E-state index contributed by atoms with van der Waals surface area (Å²) in [4.78, 5) is 25.6. The van der Waals surface area contributed by atoms with Gasteiger partial charge in [0.25, 0.3) is 5.91 Å². The van der Waals surface area contributed by atoms with Gasteiger partial charge in [-0.2, -0.15) is 15.0 Å². The Hall–Kier alpha value is -4.94. The van der Waals surface area contributed by atoms with Crippen molar-refractivity contribution in [2.75, 3.05) is 69.7 Å². The van der Waals surface area contributed by atoms with Gasteiger partial charge in [-0.3, -0.25) is 4.79 Å². The molecule has 12 nitrogen and oxygen atoms in total. The number of hydrogen-bond donors (Lipinski definition) is 4. The van der Waals surface area contributed by atoms with Crippen LogP contribution in [0.25, 0.3) is 0 Å². The van der Waals surface area contributed by atoms with Crippen LogP contribution in [0.5, 0.6) is 11.5 Å². The molecule has 0 aliphatic heterocycles. The fraction of sp³-hybridized carbons (Fsp3) is 0.290. The van der Waals surface area contributed by atoms with E-state index in [-0.39, 0.29) is 5.91 Å². The molecule has 4 N–H and O–H groups in total. The molecule has 0 fully saturated rings. The quantitative estimate of drug-likeness (QED) is 0.125. The predicted octanol–water partition coefficient (Wildman–Crippen LogP) is 4.12. The Balaban J connectivity index is 1.21. The lowest BCUT2D eigenvalue weighted by atomic mass is 10.2. The molecule has 0 radical (unpaired) electrons. The summed E-state index contributed by atoms with van der Waals surface area (Å²) < 4.78 is 21.7. The molecule has 0 atom stereocenters. The Labute approximate surface area is 251 Å². The minimum absolute atomic E-state index is 0.119. The van der Waals surface area contributed by atoms with Crippen LogP contribution in [0.4, 0.5) is 23.5 Å². The van der Waals surface area contributed by atoms with Crippen molar-refractivity contribution in [2.45, 2.75) is 6.54 Å². The molecule has 0 saturated heterocycles. The molecule has 4 rings (SSSR count). The number of carbonyl (C=O) groups is 1. The molecule has 43 heavy (non-hydrogen) atoms. The van der Waals surface area contributed by atoms with Gasteiger partial charge < -0.3 is 40.2 Å². The maximum atomic E-state index is 12.0. The molecule has 0 unspecified atom stereocenters. The third kappa shape index (κ3) is 10.8. The molecule has 0 saturated carbocycles. The fourth-order valence-electron chi connectivity index (χ4n) is 3.80. The zero-order valence-electron chi connectivity index (χ0n) is 24.3. The Kier molecular flexibility index (Phi) is 12.3. The molecule has 0 aliphatic rings. The van der Waals surface area contributed by atoms with Crippen molar-refractivity contribution in [3.63, 3.8) is 0 Å². The van der Waals surface area contributed by atoms with Gasteiger partial charge in [0.15, 0.2) is 0 Å². The Morgan fingerprint density at radius 2 is 1.23 bits per heavy atom. The lowest BCUT2D eigenvalue weighted by Crippen LogP contribution is -2.27. The molecule has 0 bridgehead atoms. The van der Waals surface area contributed by atoms with E-state index in [0.29, 0.717) is 69.5 Å². The standard InChI is InChI=1S/C31H37N7O5/c1-40-26-12-8-23(9-13-26)22-34-30-36-29(37-31(38-30)35-25-10-14-27(41-2)15-11-25)33-17-19-43-21-20-42-18-16-32-28(39)24-6-4-3-5-7-24/h3-15H,16-22H2,1-2H3,(H,32,39)(H3,33,34,35,36,37,38). The number of ether oxygens (including phenoxy) is 4. The second-order valence-corrected chi connectivity index (χ2v) is 9.13. The molecule has 1 aromatic heterocycles. The third-order valence-electron chi connectivity index (χ3n) is 6.06. The minimum atomic E-state index is -0.119. The minimum Gasteiger partial charge on any atom is -0.497 e. The molecule has 3 aromatic carbocycles. The lowest BCUT2D eigenvalue weighted by Gasteiger charge is -2.12. The number of anilines is 4. The summed E-state index contributed by atoms with van der Waals surface area (Å²) in [6.45, 7) is 3.10. The van der Waals surface area contributed by atoms with Crippen molar-refractivity contribution in [1.29, 1.82) is 0 Å². The van der Waals surface area contributed by atoms with Crippen LogP contribution in [0.2, 0.25) is 0 Å². The summed E-state index contributed by atoms with van der Waals surface area (Å²) in [6.07, 6.45) is 0. The zero-order chi connectivity index (χ0) is 30.1. The van der Waals surface area contributed by atoms with Gasteiger partial charge in [-0.05, 0) is 54.1 Å². The van der Waals surface area contributed by atoms with Crippen LogP contribution in [0.3, 0.4) is 0 Å². The van der Waals surface area contributed by atoms with E-state index < -0.39 is 0 Å². The van der Waals surface area contributed by atoms with E-state index in [9.17, 15) is 4.79 Å². The van der Waals surface area contributed by atoms with Crippen LogP contribution in [-0.2, 0) is 16.0 Å². The molecule has 4 aromatic rings. The highest BCUT2D eigenvalue weighted by Crippen LogP contribution is 2.20. The highest BCUT2D eigenvalue weighted by atomic mass is 16.5. The van der Waals surface area contributed by atoms with E-state index >= 15 is 0 Å². The average molecular weight is 588 g/mol. The first-order valence-corrected chi connectivity index (χ1v) is 13.9. The van der Waals surface area contributed by atoms with Crippen LogP contribution in [0.1, 0.15) is 15.9 Å². The Bertz CT molecular complexity index is 1390. The summed E-state index contributed by atoms with van der Waals surface area (Å²) >= 11 is 0. The van der Waals surface area contributed by atoms with Crippen LogP contribution >= 0.6 is 0 Å². The van der Waals surface area contributed by atoms with Gasteiger partial charge >= 0.3 is 0 Å². The number of aromatic nitrogens is 3. The van der Waals surface area contributed by atoms with Gasteiger partial charge in [0.2, 0.25) is 17.8 Å². The summed E-state index contributed by atoms with van der Waals surface area (Å²) in [5.74, 6) is 2.63. The molecule has 1 amide bonds. The van der Waals surface area contributed by atoms with E-state index in [0.717, 1.165) is 22.7 Å². The van der Waals surface area contributed by atoms with Gasteiger partial charge in [0.1, 0.15) is 11.5 Å². The van der Waals surface area contributed by atoms with E-state index in [1.54, 1.807) is 26.4 Å². The first-order chi connectivity index (χ1) is 21.1. The number of amides is 1. The molecule has 226 valence electrons. The van der Waals surface area contributed by atoms with E-state index in [2.05, 4.69) is 36.2 Å². The van der Waals surface area contributed by atoms with Crippen LogP contribution in [0.15, 0.2) is 78.9 Å². The van der Waals surface area contributed by atoms with Crippen molar-refractivity contribution < 1.29 is 23.7 Å². The second kappa shape index (κ2) is 17.1. The highest BCUT2D eigenvalue weighted by molar-refractivity contribution is 5.94. The number of benzene rings is 3. The van der Waals surface area contributed by atoms with Crippen molar-refractivity contribution in [3.05, 3.63) is 90.0 Å². The first-order valence-electron chi connectivity index (χ1n) is 13.9. The number of rotatable bonds is 18. The number of hydrogen-bond acceptors (Lipinski definition) is 11. The molecule has 1 heterocycles. The number of methoxy groups -OCH3 is 2. The first kappa shape index (κ1) is 31.0. The fourth-order valence-corrected chi connectivity index (χ4v) is 3.80. The lowest BCUT2D eigenvalue weighted by molar-refractivity contribution is 0.0519. The molecule has 0 spiro atoms. The maximum Gasteiger partial charge on any atom is 0.251 e. The zero-order valence-corrected chi connectivity index (χ0v) is 24.3. The van der Waals surface area contributed by atoms with Crippen LogP contribution in [0, 0.1) is 0 Å². The van der Waals surface area contributed by atoms with Gasteiger partial charge in [-0.1, -0.05) is 30.3 Å². The summed E-state index contributed by atoms with van der Waals surface area (Å²) in [7, 11) is 3.26. The highest BCUT2D eigenvalue weighted by Gasteiger charge is 2.08. The summed E-state index contributed by atoms with van der Waals surface area (Å²) in [5.41, 5.74) is 2.48. The molecule has 12 heteroatoms. The molecule has 0 aliphatic carbocycles. The topological polar surface area (TPSA) is 141 Å². The monoisotopic (exact) mass is 587 g/mol. The van der Waals surface area contributed by atoms with Crippen LogP contribution < -0.4 is 30.7 Å². The second-order valence-electron chi connectivity index (χ2n) is 9.13. The maximum absolute atomic E-state index is 12.0. The van der Waals surface area contributed by atoms with E-state index in [1.165, 1.54) is 0 Å². The van der Waals surface area contributed by atoms with Gasteiger partial charge in [0.05, 0.1) is 40.6 Å². The van der Waals surface area contributed by atoms with Crippen molar-refractivity contribution in [2.24, 2.45) is 0 Å². The predicted molar refractivity (Wildman–Crippen MR) is 165 cm³/mol. The number of nitrogens with zero attached hydrogens (tertiary/aromatic N) is 3. The normalized spacial score (nSPS) is 10.6. The third-order valence-corrected chi connectivity index (χ3v) is 6.06. The average Bonchev–Trinajstić information content (AvgIpc) is 3.05. The van der Waals surface area contributed by atoms with Gasteiger partial charge in [-0.15, -0.1) is 0 Å². The van der Waals surface area contributed by atoms with Crippen molar-refractivity contribution in [1.82, 2.24) is 20.3 Å². The Morgan fingerprint density at radius 1 is 0.651 bits per heavy atom. The smallest absolute Gasteiger partial charge is 0.251 e. The largest absolute Gasteiger partial charge is 0.497 e. The number of nitrogens with one attached hydrogen (secondary N) is 4. The molecular weight excluding hydrogens is 550 g/mol. The van der Waals surface area contributed by atoms with Crippen molar-refractivity contribution >= 4 is 29.4 Å². The number of carbonyl (C=O) groups excluding carboxylic acids is 1. The van der Waals surface area contributed by atoms with E-state index in [4.69, 9.17) is 18.9 Å². The van der Waals surface area contributed by atoms with Crippen molar-refractivity contribution in [3.8, 4) is 11.5 Å². The molecular formula is C31H37N7O5. The summed E-state index contributed by atoms with van der Waals surface area (Å²) in [6, 6.07) is 24.3. The SMILES string of the molecule is COc1ccc(CNc2nc(NCCOCCOCCNC(=O)c3ccccc3)nc(Nc3ccc(OC)cc3)n2)cc1.